The molecule has 0 fully saturated rings. The van der Waals surface area contributed by atoms with E-state index in [1.165, 1.54) is 6.07 Å². The highest BCUT2D eigenvalue weighted by molar-refractivity contribution is 5.63. The molecule has 0 aromatic heterocycles. The van der Waals surface area contributed by atoms with Crippen molar-refractivity contribution in [2.24, 2.45) is 0 Å². The Kier molecular flexibility index (Phi) is 2.77. The van der Waals surface area contributed by atoms with E-state index in [2.05, 4.69) is 0 Å². The van der Waals surface area contributed by atoms with Gasteiger partial charge >= 0.3 is 0 Å². The molecule has 2 aromatic rings. The minimum atomic E-state index is -0.417. The smallest absolute Gasteiger partial charge is 0.146 e. The molecule has 0 radical (unpaired) electrons. The molecule has 0 spiro atoms. The second-order valence-corrected chi connectivity index (χ2v) is 3.69. The summed E-state index contributed by atoms with van der Waals surface area (Å²) in [6.45, 7) is 0. The van der Waals surface area contributed by atoms with Crippen molar-refractivity contribution >= 4 is 11.4 Å². The van der Waals surface area contributed by atoms with Gasteiger partial charge in [0.25, 0.3) is 0 Å². The first-order valence-corrected chi connectivity index (χ1v) is 5.04. The molecule has 82 valence electrons. The Labute approximate surface area is 93.7 Å². The highest BCUT2D eigenvalue weighted by Crippen LogP contribution is 2.25. The predicted octanol–water partition coefficient (Wildman–Crippen LogP) is 2.58. The van der Waals surface area contributed by atoms with Crippen molar-refractivity contribution in [1.29, 1.82) is 0 Å². The summed E-state index contributed by atoms with van der Waals surface area (Å²) in [7, 11) is 0. The van der Waals surface area contributed by atoms with Crippen molar-refractivity contribution in [3.05, 3.63) is 59.4 Å². The number of halogens is 1. The van der Waals surface area contributed by atoms with Crippen LogP contribution in [0.3, 0.4) is 0 Å². The average molecular weight is 216 g/mol. The van der Waals surface area contributed by atoms with Crippen LogP contribution in [0.5, 0.6) is 0 Å². The lowest BCUT2D eigenvalue weighted by molar-refractivity contribution is 0.631. The maximum Gasteiger partial charge on any atom is 0.146 e. The van der Waals surface area contributed by atoms with Crippen LogP contribution in [-0.2, 0) is 6.42 Å². The van der Waals surface area contributed by atoms with Crippen LogP contribution < -0.4 is 11.5 Å². The molecule has 0 bridgehead atoms. The number of hydrogen-bond acceptors (Lipinski definition) is 2. The van der Waals surface area contributed by atoms with Gasteiger partial charge in [0.1, 0.15) is 5.82 Å². The van der Waals surface area contributed by atoms with Crippen LogP contribution >= 0.6 is 0 Å². The van der Waals surface area contributed by atoms with E-state index in [1.807, 2.05) is 30.3 Å². The SMILES string of the molecule is Nc1ccc(F)c(N)c1Cc1ccccc1. The van der Waals surface area contributed by atoms with Crippen LogP contribution in [0.15, 0.2) is 42.5 Å². The third-order valence-corrected chi connectivity index (χ3v) is 2.56. The lowest BCUT2D eigenvalue weighted by atomic mass is 10.0. The molecule has 2 nitrogen and oxygen atoms in total. The summed E-state index contributed by atoms with van der Waals surface area (Å²) in [5, 5.41) is 0. The molecule has 0 amide bonds. The molecule has 3 heteroatoms. The van der Waals surface area contributed by atoms with E-state index >= 15 is 0 Å². The zero-order valence-corrected chi connectivity index (χ0v) is 8.78. The predicted molar refractivity (Wildman–Crippen MR) is 64.5 cm³/mol. The Hall–Kier alpha value is -2.03. The molecule has 0 aliphatic heterocycles. The van der Waals surface area contributed by atoms with Crippen molar-refractivity contribution in [3.8, 4) is 0 Å². The third-order valence-electron chi connectivity index (χ3n) is 2.56. The number of anilines is 2. The Balaban J connectivity index is 2.38. The fourth-order valence-electron chi connectivity index (χ4n) is 1.65. The molecule has 0 aliphatic rings. The summed E-state index contributed by atoms with van der Waals surface area (Å²) in [5.74, 6) is -0.417. The summed E-state index contributed by atoms with van der Waals surface area (Å²) in [6, 6.07) is 12.6. The van der Waals surface area contributed by atoms with Crippen LogP contribution in [0.25, 0.3) is 0 Å². The van der Waals surface area contributed by atoms with Crippen molar-refractivity contribution in [2.75, 3.05) is 11.5 Å². The molecule has 0 atom stereocenters. The minimum Gasteiger partial charge on any atom is -0.398 e. The van der Waals surface area contributed by atoms with Crippen LogP contribution in [0.2, 0.25) is 0 Å². The zero-order chi connectivity index (χ0) is 11.5. The van der Waals surface area contributed by atoms with Gasteiger partial charge in [-0.3, -0.25) is 0 Å². The molecule has 0 saturated carbocycles. The molecule has 0 saturated heterocycles. The van der Waals surface area contributed by atoms with Gasteiger partial charge < -0.3 is 11.5 Å². The maximum atomic E-state index is 13.3. The maximum absolute atomic E-state index is 13.3. The highest BCUT2D eigenvalue weighted by Gasteiger charge is 2.09. The van der Waals surface area contributed by atoms with Crippen LogP contribution in [-0.4, -0.2) is 0 Å². The molecule has 0 unspecified atom stereocenters. The number of hydrogen-bond donors (Lipinski definition) is 2. The van der Waals surface area contributed by atoms with Crippen molar-refractivity contribution in [3.63, 3.8) is 0 Å². The van der Waals surface area contributed by atoms with E-state index in [0.29, 0.717) is 17.7 Å². The van der Waals surface area contributed by atoms with Crippen LogP contribution in [0.4, 0.5) is 15.8 Å². The molecular weight excluding hydrogens is 203 g/mol. The molecule has 0 aliphatic carbocycles. The number of nitrogen functional groups attached to an aromatic ring is 2. The lowest BCUT2D eigenvalue weighted by Gasteiger charge is -2.09. The molecular formula is C13H13FN2. The monoisotopic (exact) mass is 216 g/mol. The van der Waals surface area contributed by atoms with Crippen LogP contribution in [0, 0.1) is 5.82 Å². The summed E-state index contributed by atoms with van der Waals surface area (Å²) in [6.07, 6.45) is 0.552. The average Bonchev–Trinajstić information content (AvgIpc) is 2.31. The van der Waals surface area contributed by atoms with Gasteiger partial charge in [0, 0.05) is 17.7 Å². The first kappa shape index (κ1) is 10.5. The highest BCUT2D eigenvalue weighted by atomic mass is 19.1. The minimum absolute atomic E-state index is 0.142. The second kappa shape index (κ2) is 4.23. The van der Waals surface area contributed by atoms with Gasteiger partial charge in [-0.1, -0.05) is 30.3 Å². The fraction of sp³-hybridized carbons (Fsp3) is 0.0769. The van der Waals surface area contributed by atoms with E-state index < -0.39 is 5.82 Å². The quantitative estimate of drug-likeness (QED) is 0.758. The number of rotatable bonds is 2. The molecule has 2 aromatic carbocycles. The van der Waals surface area contributed by atoms with Crippen molar-refractivity contribution in [1.82, 2.24) is 0 Å². The first-order valence-electron chi connectivity index (χ1n) is 5.04. The summed E-state index contributed by atoms with van der Waals surface area (Å²) in [5.41, 5.74) is 13.9. The van der Waals surface area contributed by atoms with Gasteiger partial charge in [0.05, 0.1) is 5.69 Å². The van der Waals surface area contributed by atoms with Gasteiger partial charge in [0.2, 0.25) is 0 Å². The number of benzene rings is 2. The van der Waals surface area contributed by atoms with Gasteiger partial charge in [-0.15, -0.1) is 0 Å². The van der Waals surface area contributed by atoms with Gasteiger partial charge in [-0.05, 0) is 17.7 Å². The van der Waals surface area contributed by atoms with E-state index in [9.17, 15) is 4.39 Å². The van der Waals surface area contributed by atoms with Gasteiger partial charge in [-0.25, -0.2) is 4.39 Å². The molecule has 4 N–H and O–H groups in total. The Bertz CT molecular complexity index is 495. The number of nitrogens with two attached hydrogens (primary N) is 2. The largest absolute Gasteiger partial charge is 0.398 e. The topological polar surface area (TPSA) is 52.0 Å². The molecule has 0 heterocycles. The van der Waals surface area contributed by atoms with E-state index in [-0.39, 0.29) is 5.69 Å². The Morgan fingerprint density at radius 2 is 1.62 bits per heavy atom. The van der Waals surface area contributed by atoms with Crippen molar-refractivity contribution < 1.29 is 4.39 Å². The Morgan fingerprint density at radius 3 is 2.31 bits per heavy atom. The van der Waals surface area contributed by atoms with E-state index in [4.69, 9.17) is 11.5 Å². The zero-order valence-electron chi connectivity index (χ0n) is 8.78. The van der Waals surface area contributed by atoms with E-state index in [1.54, 1.807) is 6.07 Å². The van der Waals surface area contributed by atoms with E-state index in [0.717, 1.165) is 5.56 Å². The summed E-state index contributed by atoms with van der Waals surface area (Å²) < 4.78 is 13.3. The van der Waals surface area contributed by atoms with Crippen molar-refractivity contribution in [2.45, 2.75) is 6.42 Å². The Morgan fingerprint density at radius 1 is 0.938 bits per heavy atom. The standard InChI is InChI=1S/C13H13FN2/c14-11-6-7-12(15)10(13(11)16)8-9-4-2-1-3-5-9/h1-7H,8,15-16H2. The molecule has 16 heavy (non-hydrogen) atoms. The lowest BCUT2D eigenvalue weighted by Crippen LogP contribution is -2.03. The third kappa shape index (κ3) is 1.98. The summed E-state index contributed by atoms with van der Waals surface area (Å²) in [4.78, 5) is 0. The van der Waals surface area contributed by atoms with Crippen LogP contribution in [0.1, 0.15) is 11.1 Å². The van der Waals surface area contributed by atoms with Gasteiger partial charge in [-0.2, -0.15) is 0 Å². The first-order chi connectivity index (χ1) is 7.68. The molecule has 2 rings (SSSR count). The normalized spacial score (nSPS) is 10.3. The fourth-order valence-corrected chi connectivity index (χ4v) is 1.65. The summed E-state index contributed by atoms with van der Waals surface area (Å²) >= 11 is 0. The second-order valence-electron chi connectivity index (χ2n) is 3.69. The van der Waals surface area contributed by atoms with Gasteiger partial charge in [0.15, 0.2) is 0 Å².